The fourth-order valence-corrected chi connectivity index (χ4v) is 3.62. The summed E-state index contributed by atoms with van der Waals surface area (Å²) in [5.74, 6) is -0.150. The van der Waals surface area contributed by atoms with Crippen molar-refractivity contribution in [3.05, 3.63) is 50.7 Å². The molecule has 0 atom stereocenters. The zero-order valence-corrected chi connectivity index (χ0v) is 16.9. The molecule has 0 spiro atoms. The van der Waals surface area contributed by atoms with E-state index in [0.717, 1.165) is 43.1 Å². The number of hydrogen-bond donors (Lipinski definition) is 0. The number of aromatic nitrogens is 3. The van der Waals surface area contributed by atoms with E-state index in [0.29, 0.717) is 18.7 Å². The summed E-state index contributed by atoms with van der Waals surface area (Å²) in [7, 11) is 1.71. The number of nitrogens with zero attached hydrogens (tertiary/aromatic N) is 5. The Hall–Kier alpha value is -2.41. The number of piperazine rings is 1. The van der Waals surface area contributed by atoms with E-state index in [2.05, 4.69) is 23.1 Å². The molecule has 7 nitrogen and oxygen atoms in total. The summed E-state index contributed by atoms with van der Waals surface area (Å²) in [5, 5.41) is 4.50. The Labute approximate surface area is 160 Å². The molecule has 2 aromatic heterocycles. The maximum atomic E-state index is 12.9. The standard InChI is InChI=1S/C20H29N5O2/c1-6-25-13-17(16(4)21-25)12-23-7-9-24(10-8-23)20(27)18-14(2)11-15(3)22(5)19(18)26/h11,13H,6-10,12H2,1-5H3. The average molecular weight is 371 g/mol. The van der Waals surface area contributed by atoms with Crippen LogP contribution in [0.3, 0.4) is 0 Å². The van der Waals surface area contributed by atoms with Gasteiger partial charge in [-0.1, -0.05) is 0 Å². The maximum Gasteiger partial charge on any atom is 0.263 e. The van der Waals surface area contributed by atoms with E-state index in [1.165, 1.54) is 5.56 Å². The van der Waals surface area contributed by atoms with Gasteiger partial charge in [0.1, 0.15) is 5.56 Å². The van der Waals surface area contributed by atoms with Crippen LogP contribution in [0.1, 0.15) is 39.8 Å². The maximum absolute atomic E-state index is 12.9. The fraction of sp³-hybridized carbons (Fsp3) is 0.550. The van der Waals surface area contributed by atoms with Gasteiger partial charge in [-0.2, -0.15) is 5.10 Å². The third kappa shape index (κ3) is 3.83. The van der Waals surface area contributed by atoms with Crippen LogP contribution in [0.4, 0.5) is 0 Å². The van der Waals surface area contributed by atoms with Crippen LogP contribution in [-0.2, 0) is 20.1 Å². The number of hydrogen-bond acceptors (Lipinski definition) is 4. The van der Waals surface area contributed by atoms with Crippen molar-refractivity contribution in [3.63, 3.8) is 0 Å². The lowest BCUT2D eigenvalue weighted by molar-refractivity contribution is 0.0625. The Morgan fingerprint density at radius 3 is 2.41 bits per heavy atom. The minimum absolute atomic E-state index is 0.150. The van der Waals surface area contributed by atoms with Crippen LogP contribution >= 0.6 is 0 Å². The van der Waals surface area contributed by atoms with Crippen LogP contribution in [0.2, 0.25) is 0 Å². The van der Waals surface area contributed by atoms with Gasteiger partial charge in [-0.25, -0.2) is 0 Å². The lowest BCUT2D eigenvalue weighted by Gasteiger charge is -2.34. The van der Waals surface area contributed by atoms with Gasteiger partial charge >= 0.3 is 0 Å². The number of pyridine rings is 1. The van der Waals surface area contributed by atoms with E-state index in [9.17, 15) is 9.59 Å². The number of rotatable bonds is 4. The van der Waals surface area contributed by atoms with Gasteiger partial charge in [0.25, 0.3) is 11.5 Å². The molecule has 1 amide bonds. The molecule has 146 valence electrons. The molecule has 0 bridgehead atoms. The van der Waals surface area contributed by atoms with E-state index < -0.39 is 0 Å². The molecule has 1 aliphatic heterocycles. The van der Waals surface area contributed by atoms with Crippen molar-refractivity contribution in [2.45, 2.75) is 40.8 Å². The topological polar surface area (TPSA) is 63.4 Å². The summed E-state index contributed by atoms with van der Waals surface area (Å²) in [5.41, 5.74) is 4.01. The Morgan fingerprint density at radius 2 is 1.81 bits per heavy atom. The summed E-state index contributed by atoms with van der Waals surface area (Å²) in [6.45, 7) is 12.4. The van der Waals surface area contributed by atoms with Crippen LogP contribution in [0.25, 0.3) is 0 Å². The highest BCUT2D eigenvalue weighted by atomic mass is 16.2. The molecule has 3 heterocycles. The molecule has 7 heteroatoms. The van der Waals surface area contributed by atoms with Crippen LogP contribution < -0.4 is 5.56 Å². The fourth-order valence-electron chi connectivity index (χ4n) is 3.62. The Bertz CT molecular complexity index is 904. The molecule has 0 radical (unpaired) electrons. The SMILES string of the molecule is CCn1cc(CN2CCN(C(=O)c3c(C)cc(C)n(C)c3=O)CC2)c(C)n1. The molecule has 0 aliphatic carbocycles. The van der Waals surface area contributed by atoms with Gasteiger partial charge in [-0.15, -0.1) is 0 Å². The van der Waals surface area contributed by atoms with Crippen molar-refractivity contribution < 1.29 is 4.79 Å². The summed E-state index contributed by atoms with van der Waals surface area (Å²) in [4.78, 5) is 29.7. The van der Waals surface area contributed by atoms with E-state index in [1.54, 1.807) is 16.5 Å². The van der Waals surface area contributed by atoms with E-state index in [-0.39, 0.29) is 11.5 Å². The summed E-state index contributed by atoms with van der Waals surface area (Å²) in [6.07, 6.45) is 2.10. The molecule has 0 saturated carbocycles. The molecule has 0 unspecified atom stereocenters. The lowest BCUT2D eigenvalue weighted by Crippen LogP contribution is -2.49. The zero-order valence-electron chi connectivity index (χ0n) is 16.9. The second kappa shape index (κ2) is 7.68. The summed E-state index contributed by atoms with van der Waals surface area (Å²) >= 11 is 0. The monoisotopic (exact) mass is 371 g/mol. The highest BCUT2D eigenvalue weighted by Gasteiger charge is 2.26. The second-order valence-electron chi connectivity index (χ2n) is 7.37. The number of amides is 1. The minimum atomic E-state index is -0.206. The van der Waals surface area contributed by atoms with Crippen LogP contribution in [0, 0.1) is 20.8 Å². The first-order valence-electron chi connectivity index (χ1n) is 9.53. The van der Waals surface area contributed by atoms with Gasteiger partial charge in [0.05, 0.1) is 5.69 Å². The molecule has 1 fully saturated rings. The van der Waals surface area contributed by atoms with Gasteiger partial charge in [0.2, 0.25) is 0 Å². The van der Waals surface area contributed by atoms with Crippen molar-refractivity contribution in [2.24, 2.45) is 7.05 Å². The quantitative estimate of drug-likeness (QED) is 0.817. The van der Waals surface area contributed by atoms with Crippen molar-refractivity contribution >= 4 is 5.91 Å². The van der Waals surface area contributed by atoms with Gasteiger partial charge in [-0.3, -0.25) is 19.2 Å². The largest absolute Gasteiger partial charge is 0.336 e. The van der Waals surface area contributed by atoms with Crippen LogP contribution in [0.5, 0.6) is 0 Å². The molecule has 0 aromatic carbocycles. The normalized spacial score (nSPS) is 15.4. The molecule has 3 rings (SSSR count). The Balaban J connectivity index is 1.67. The first-order chi connectivity index (χ1) is 12.8. The molecular formula is C20H29N5O2. The molecule has 1 saturated heterocycles. The third-order valence-corrected chi connectivity index (χ3v) is 5.51. The molecular weight excluding hydrogens is 342 g/mol. The Kier molecular flexibility index (Phi) is 5.51. The van der Waals surface area contributed by atoms with Crippen molar-refractivity contribution in [1.82, 2.24) is 24.1 Å². The highest BCUT2D eigenvalue weighted by Crippen LogP contribution is 2.14. The minimum Gasteiger partial charge on any atom is -0.336 e. The third-order valence-electron chi connectivity index (χ3n) is 5.51. The van der Waals surface area contributed by atoms with Crippen molar-refractivity contribution in [3.8, 4) is 0 Å². The Morgan fingerprint density at radius 1 is 1.15 bits per heavy atom. The van der Waals surface area contributed by atoms with Gasteiger partial charge in [0, 0.05) is 63.8 Å². The molecule has 27 heavy (non-hydrogen) atoms. The first-order valence-corrected chi connectivity index (χ1v) is 9.53. The molecule has 2 aromatic rings. The predicted molar refractivity (Wildman–Crippen MR) is 105 cm³/mol. The van der Waals surface area contributed by atoms with Crippen molar-refractivity contribution in [2.75, 3.05) is 26.2 Å². The smallest absolute Gasteiger partial charge is 0.263 e. The lowest BCUT2D eigenvalue weighted by atomic mass is 10.1. The van der Waals surface area contributed by atoms with Crippen LogP contribution in [0.15, 0.2) is 17.1 Å². The molecule has 1 aliphatic rings. The van der Waals surface area contributed by atoms with E-state index >= 15 is 0 Å². The average Bonchev–Trinajstić information content (AvgIpc) is 3.00. The number of carbonyl (C=O) groups is 1. The zero-order chi connectivity index (χ0) is 19.7. The molecule has 0 N–H and O–H groups in total. The van der Waals surface area contributed by atoms with Crippen molar-refractivity contribution in [1.29, 1.82) is 0 Å². The van der Waals surface area contributed by atoms with Gasteiger partial charge < -0.3 is 9.47 Å². The summed E-state index contributed by atoms with van der Waals surface area (Å²) < 4.78 is 3.50. The number of carbonyl (C=O) groups excluding carboxylic acids is 1. The van der Waals surface area contributed by atoms with Gasteiger partial charge in [-0.05, 0) is 39.3 Å². The number of aryl methyl sites for hydroxylation is 4. The van der Waals surface area contributed by atoms with E-state index in [4.69, 9.17) is 0 Å². The summed E-state index contributed by atoms with van der Waals surface area (Å²) in [6, 6.07) is 1.90. The predicted octanol–water partition coefficient (Wildman–Crippen LogP) is 1.48. The van der Waals surface area contributed by atoms with Crippen LogP contribution in [-0.4, -0.2) is 56.2 Å². The van der Waals surface area contributed by atoms with E-state index in [1.807, 2.05) is 31.5 Å². The first kappa shape index (κ1) is 19.4. The highest BCUT2D eigenvalue weighted by molar-refractivity contribution is 5.95. The second-order valence-corrected chi connectivity index (χ2v) is 7.37. The van der Waals surface area contributed by atoms with Gasteiger partial charge in [0.15, 0.2) is 0 Å².